The molecule has 0 aliphatic carbocycles. The van der Waals surface area contributed by atoms with Crippen LogP contribution in [0.4, 0.5) is 0 Å². The fourth-order valence-corrected chi connectivity index (χ4v) is 1.87. The first-order valence-corrected chi connectivity index (χ1v) is 8.33. The summed E-state index contributed by atoms with van der Waals surface area (Å²) in [5, 5.41) is 1.06. The van der Waals surface area contributed by atoms with Crippen molar-refractivity contribution in [1.82, 2.24) is 0 Å². The minimum atomic E-state index is 0.674. The van der Waals surface area contributed by atoms with Crippen LogP contribution in [0.1, 0.15) is 45.4 Å². The van der Waals surface area contributed by atoms with E-state index in [-0.39, 0.29) is 0 Å². The second-order valence-corrected chi connectivity index (χ2v) is 5.09. The van der Waals surface area contributed by atoms with Crippen LogP contribution in [0.3, 0.4) is 0 Å². The molecule has 0 saturated heterocycles. The maximum absolute atomic E-state index is 5.47. The van der Waals surface area contributed by atoms with E-state index in [1.807, 2.05) is 0 Å². The predicted molar refractivity (Wildman–Crippen MR) is 79.6 cm³/mol. The van der Waals surface area contributed by atoms with Crippen molar-refractivity contribution >= 4 is 15.9 Å². The van der Waals surface area contributed by atoms with Gasteiger partial charge in [0.1, 0.15) is 0 Å². The van der Waals surface area contributed by atoms with Gasteiger partial charge in [-0.1, -0.05) is 42.1 Å². The third-order valence-electron chi connectivity index (χ3n) is 2.56. The fourth-order valence-electron chi connectivity index (χ4n) is 1.47. The Morgan fingerprint density at radius 2 is 1.11 bits per heavy atom. The van der Waals surface area contributed by atoms with Crippen LogP contribution in [-0.4, -0.2) is 45.0 Å². The van der Waals surface area contributed by atoms with Crippen LogP contribution in [0, 0.1) is 0 Å². The molecular formula is C14H29BrO3. The molecule has 0 aliphatic heterocycles. The summed E-state index contributed by atoms with van der Waals surface area (Å²) in [6.45, 7) is 6.67. The first kappa shape index (κ1) is 18.4. The highest BCUT2D eigenvalue weighted by Gasteiger charge is 1.92. The standard InChI is InChI=1S/C14H29BrO3/c1-2-3-4-6-9-16-11-13-18-14-12-17-10-7-5-8-15/h2-14H2,1H3. The molecule has 0 unspecified atom stereocenters. The number of hydrogen-bond acceptors (Lipinski definition) is 3. The van der Waals surface area contributed by atoms with Crippen LogP contribution in [0.2, 0.25) is 0 Å². The molecule has 0 fully saturated rings. The Bertz CT molecular complexity index is 129. The first-order chi connectivity index (χ1) is 8.91. The summed E-state index contributed by atoms with van der Waals surface area (Å²) in [4.78, 5) is 0. The van der Waals surface area contributed by atoms with Gasteiger partial charge in [0.15, 0.2) is 0 Å². The maximum atomic E-state index is 5.47. The fraction of sp³-hybridized carbons (Fsp3) is 1.00. The van der Waals surface area contributed by atoms with Crippen LogP contribution >= 0.6 is 15.9 Å². The van der Waals surface area contributed by atoms with Crippen molar-refractivity contribution in [2.24, 2.45) is 0 Å². The number of halogens is 1. The van der Waals surface area contributed by atoms with Crippen LogP contribution in [0.25, 0.3) is 0 Å². The average Bonchev–Trinajstić information content (AvgIpc) is 2.39. The van der Waals surface area contributed by atoms with Gasteiger partial charge in [0.25, 0.3) is 0 Å². The average molecular weight is 325 g/mol. The second kappa shape index (κ2) is 17.4. The van der Waals surface area contributed by atoms with Crippen molar-refractivity contribution in [3.8, 4) is 0 Å². The highest BCUT2D eigenvalue weighted by Crippen LogP contribution is 1.98. The Balaban J connectivity index is 2.86. The minimum Gasteiger partial charge on any atom is -0.379 e. The number of alkyl halides is 1. The van der Waals surface area contributed by atoms with Gasteiger partial charge in [-0.25, -0.2) is 0 Å². The van der Waals surface area contributed by atoms with Crippen molar-refractivity contribution < 1.29 is 14.2 Å². The largest absolute Gasteiger partial charge is 0.379 e. The Hall–Kier alpha value is 0.360. The van der Waals surface area contributed by atoms with Gasteiger partial charge in [-0.05, 0) is 19.3 Å². The quantitative estimate of drug-likeness (QED) is 0.339. The summed E-state index contributed by atoms with van der Waals surface area (Å²) < 4.78 is 16.3. The Morgan fingerprint density at radius 1 is 0.611 bits per heavy atom. The van der Waals surface area contributed by atoms with Crippen LogP contribution in [0.15, 0.2) is 0 Å². The van der Waals surface area contributed by atoms with E-state index in [9.17, 15) is 0 Å². The van der Waals surface area contributed by atoms with E-state index in [1.54, 1.807) is 0 Å². The van der Waals surface area contributed by atoms with Gasteiger partial charge in [-0.2, -0.15) is 0 Å². The Kier molecular flexibility index (Phi) is 17.7. The summed E-state index contributed by atoms with van der Waals surface area (Å²) in [6.07, 6.45) is 7.33. The SMILES string of the molecule is CCCCCCOCCOCCOCCCCBr. The van der Waals surface area contributed by atoms with Crippen molar-refractivity contribution in [1.29, 1.82) is 0 Å². The van der Waals surface area contributed by atoms with E-state index < -0.39 is 0 Å². The molecule has 0 rings (SSSR count). The molecule has 0 aromatic rings. The maximum Gasteiger partial charge on any atom is 0.0701 e. The van der Waals surface area contributed by atoms with Gasteiger partial charge >= 0.3 is 0 Å². The lowest BCUT2D eigenvalue weighted by Gasteiger charge is -2.06. The topological polar surface area (TPSA) is 27.7 Å². The number of unbranched alkanes of at least 4 members (excludes halogenated alkanes) is 4. The summed E-state index contributed by atoms with van der Waals surface area (Å²) in [5.74, 6) is 0. The molecule has 0 amide bonds. The minimum absolute atomic E-state index is 0.674. The Labute approximate surface area is 121 Å². The van der Waals surface area contributed by atoms with E-state index in [4.69, 9.17) is 14.2 Å². The van der Waals surface area contributed by atoms with Gasteiger partial charge < -0.3 is 14.2 Å². The van der Waals surface area contributed by atoms with Gasteiger partial charge in [-0.3, -0.25) is 0 Å². The van der Waals surface area contributed by atoms with E-state index in [2.05, 4.69) is 22.9 Å². The van der Waals surface area contributed by atoms with E-state index in [0.717, 1.165) is 25.0 Å². The lowest BCUT2D eigenvalue weighted by Crippen LogP contribution is -2.10. The molecule has 4 heteroatoms. The van der Waals surface area contributed by atoms with E-state index in [0.29, 0.717) is 26.4 Å². The molecule has 0 spiro atoms. The van der Waals surface area contributed by atoms with E-state index in [1.165, 1.54) is 32.1 Å². The van der Waals surface area contributed by atoms with Gasteiger partial charge in [-0.15, -0.1) is 0 Å². The van der Waals surface area contributed by atoms with Crippen molar-refractivity contribution in [2.45, 2.75) is 45.4 Å². The summed E-state index contributed by atoms with van der Waals surface area (Å²) in [6, 6.07) is 0. The molecular weight excluding hydrogens is 296 g/mol. The van der Waals surface area contributed by atoms with Gasteiger partial charge in [0, 0.05) is 18.5 Å². The highest BCUT2D eigenvalue weighted by molar-refractivity contribution is 9.09. The molecule has 3 nitrogen and oxygen atoms in total. The lowest BCUT2D eigenvalue weighted by molar-refractivity contribution is 0.0135. The van der Waals surface area contributed by atoms with Crippen molar-refractivity contribution in [3.05, 3.63) is 0 Å². The zero-order valence-electron chi connectivity index (χ0n) is 11.8. The third kappa shape index (κ3) is 16.4. The zero-order valence-corrected chi connectivity index (χ0v) is 13.4. The number of rotatable bonds is 15. The molecule has 18 heavy (non-hydrogen) atoms. The molecule has 0 aromatic heterocycles. The summed E-state index contributed by atoms with van der Waals surface area (Å²) in [5.41, 5.74) is 0. The molecule has 0 radical (unpaired) electrons. The van der Waals surface area contributed by atoms with Crippen LogP contribution < -0.4 is 0 Å². The monoisotopic (exact) mass is 324 g/mol. The van der Waals surface area contributed by atoms with Crippen LogP contribution in [0.5, 0.6) is 0 Å². The summed E-state index contributed by atoms with van der Waals surface area (Å²) >= 11 is 3.39. The lowest BCUT2D eigenvalue weighted by atomic mass is 10.2. The number of hydrogen-bond donors (Lipinski definition) is 0. The predicted octanol–water partition coefficient (Wildman–Crippen LogP) is 3.79. The smallest absolute Gasteiger partial charge is 0.0701 e. The number of ether oxygens (including phenoxy) is 3. The molecule has 0 heterocycles. The molecule has 0 bridgehead atoms. The Morgan fingerprint density at radius 3 is 1.61 bits per heavy atom. The first-order valence-electron chi connectivity index (χ1n) is 7.21. The zero-order chi connectivity index (χ0) is 13.3. The third-order valence-corrected chi connectivity index (χ3v) is 3.12. The molecule has 0 saturated carbocycles. The second-order valence-electron chi connectivity index (χ2n) is 4.29. The molecule has 110 valence electrons. The summed E-state index contributed by atoms with van der Waals surface area (Å²) in [7, 11) is 0. The van der Waals surface area contributed by atoms with Crippen LogP contribution in [-0.2, 0) is 14.2 Å². The van der Waals surface area contributed by atoms with Gasteiger partial charge in [0.05, 0.1) is 26.4 Å². The molecule has 0 aliphatic rings. The molecule has 0 aromatic carbocycles. The van der Waals surface area contributed by atoms with E-state index >= 15 is 0 Å². The highest BCUT2D eigenvalue weighted by atomic mass is 79.9. The normalized spacial score (nSPS) is 11.0. The molecule has 0 N–H and O–H groups in total. The van der Waals surface area contributed by atoms with Crippen molar-refractivity contribution in [2.75, 3.05) is 45.0 Å². The van der Waals surface area contributed by atoms with Gasteiger partial charge in [0.2, 0.25) is 0 Å². The molecule has 0 atom stereocenters. The van der Waals surface area contributed by atoms with Crippen molar-refractivity contribution in [3.63, 3.8) is 0 Å².